The van der Waals surface area contributed by atoms with Crippen molar-refractivity contribution in [2.24, 2.45) is 0 Å². The topological polar surface area (TPSA) is 104 Å². The summed E-state index contributed by atoms with van der Waals surface area (Å²) < 4.78 is 0. The molecule has 94 valence electrons. The van der Waals surface area contributed by atoms with Crippen molar-refractivity contribution in [2.75, 3.05) is 0 Å². The molecule has 0 spiro atoms. The van der Waals surface area contributed by atoms with Gasteiger partial charge in [-0.2, -0.15) is 0 Å². The average Bonchev–Trinajstić information content (AvgIpc) is 2.22. The van der Waals surface area contributed by atoms with Crippen LogP contribution in [0.25, 0.3) is 0 Å². The predicted octanol–water partition coefficient (Wildman–Crippen LogP) is 0.224. The van der Waals surface area contributed by atoms with Crippen molar-refractivity contribution in [1.29, 1.82) is 0 Å². The van der Waals surface area contributed by atoms with Crippen LogP contribution in [0.5, 0.6) is 0 Å². The Hall–Kier alpha value is -2.03. The average molecular weight is 241 g/mol. The molecule has 0 aromatic heterocycles. The van der Waals surface area contributed by atoms with Gasteiger partial charge in [0.1, 0.15) is 6.04 Å². The molecule has 1 atom stereocenters. The van der Waals surface area contributed by atoms with E-state index in [9.17, 15) is 14.4 Å². The van der Waals surface area contributed by atoms with Crippen LogP contribution in [0, 0.1) is 12.3 Å². The molecule has 0 aromatic rings. The first-order valence-corrected chi connectivity index (χ1v) is 5.14. The Balaban J connectivity index is 4.01. The van der Waals surface area contributed by atoms with Gasteiger partial charge in [0, 0.05) is 12.8 Å². The lowest BCUT2D eigenvalue weighted by Gasteiger charge is -2.11. The number of unbranched alkanes of at least 4 members (excludes halogenated alkanes) is 2. The molecule has 1 amide bonds. The van der Waals surface area contributed by atoms with E-state index in [1.54, 1.807) is 0 Å². The third-order valence-corrected chi connectivity index (χ3v) is 1.99. The van der Waals surface area contributed by atoms with Crippen LogP contribution in [0.4, 0.5) is 0 Å². The highest BCUT2D eigenvalue weighted by Gasteiger charge is 2.22. The van der Waals surface area contributed by atoms with Gasteiger partial charge in [-0.3, -0.25) is 9.59 Å². The van der Waals surface area contributed by atoms with Gasteiger partial charge in [0.25, 0.3) is 0 Å². The van der Waals surface area contributed by atoms with Gasteiger partial charge in [-0.1, -0.05) is 0 Å². The number of aliphatic carboxylic acids is 2. The second-order valence-corrected chi connectivity index (χ2v) is 3.47. The maximum atomic E-state index is 11.3. The molecule has 0 fully saturated rings. The Morgan fingerprint density at radius 1 is 1.24 bits per heavy atom. The van der Waals surface area contributed by atoms with E-state index >= 15 is 0 Å². The van der Waals surface area contributed by atoms with E-state index in [0.717, 1.165) is 0 Å². The summed E-state index contributed by atoms with van der Waals surface area (Å²) in [6.07, 6.45) is 6.33. The Morgan fingerprint density at radius 3 is 2.35 bits per heavy atom. The number of rotatable bonds is 8. The van der Waals surface area contributed by atoms with Gasteiger partial charge in [0.15, 0.2) is 0 Å². The zero-order valence-corrected chi connectivity index (χ0v) is 9.31. The van der Waals surface area contributed by atoms with Crippen LogP contribution >= 0.6 is 0 Å². The molecule has 0 bridgehead atoms. The second kappa shape index (κ2) is 8.16. The Labute approximate surface area is 99.0 Å². The highest BCUT2D eigenvalue weighted by atomic mass is 16.4. The molecule has 0 heterocycles. The van der Waals surface area contributed by atoms with Crippen LogP contribution in [0.2, 0.25) is 0 Å². The molecule has 3 N–H and O–H groups in total. The minimum Gasteiger partial charge on any atom is -0.481 e. The highest BCUT2D eigenvalue weighted by Crippen LogP contribution is 2.00. The molecular formula is C11H15NO5. The lowest BCUT2D eigenvalue weighted by molar-refractivity contribution is -0.147. The van der Waals surface area contributed by atoms with Crippen molar-refractivity contribution in [3.8, 4) is 12.3 Å². The van der Waals surface area contributed by atoms with Gasteiger partial charge < -0.3 is 15.5 Å². The quantitative estimate of drug-likeness (QED) is 0.416. The van der Waals surface area contributed by atoms with E-state index in [-0.39, 0.29) is 6.42 Å². The number of carbonyl (C=O) groups excluding carboxylic acids is 1. The van der Waals surface area contributed by atoms with Gasteiger partial charge in [0.2, 0.25) is 5.91 Å². The summed E-state index contributed by atoms with van der Waals surface area (Å²) >= 11 is 0. The van der Waals surface area contributed by atoms with Crippen molar-refractivity contribution in [2.45, 2.75) is 38.1 Å². The van der Waals surface area contributed by atoms with Crippen molar-refractivity contribution < 1.29 is 24.6 Å². The van der Waals surface area contributed by atoms with E-state index in [0.29, 0.717) is 19.3 Å². The van der Waals surface area contributed by atoms with Gasteiger partial charge in [-0.05, 0) is 12.8 Å². The number of amides is 1. The number of terminal acetylenes is 1. The summed E-state index contributed by atoms with van der Waals surface area (Å²) in [7, 11) is 0. The predicted molar refractivity (Wildman–Crippen MR) is 59.1 cm³/mol. The lowest BCUT2D eigenvalue weighted by Crippen LogP contribution is -2.42. The number of nitrogens with one attached hydrogen (secondary N) is 1. The number of hydrogen-bond donors (Lipinski definition) is 3. The second-order valence-electron chi connectivity index (χ2n) is 3.47. The highest BCUT2D eigenvalue weighted by molar-refractivity contribution is 5.86. The molecule has 0 aliphatic rings. The first kappa shape index (κ1) is 15.0. The maximum Gasteiger partial charge on any atom is 0.326 e. The summed E-state index contributed by atoms with van der Waals surface area (Å²) in [5.41, 5.74) is 0. The summed E-state index contributed by atoms with van der Waals surface area (Å²) in [4.78, 5) is 32.3. The standard InChI is InChI=1S/C11H15NO5/c1-2-3-4-5-6-9(13)12-8(11(16)17)7-10(14)15/h1,8H,3-7H2,(H,12,13)(H,14,15)(H,16,17)/t8-/m0/s1. The number of carbonyl (C=O) groups is 3. The fraction of sp³-hybridized carbons (Fsp3) is 0.545. The molecule has 6 heteroatoms. The molecule has 0 saturated carbocycles. The van der Waals surface area contributed by atoms with Gasteiger partial charge in [-0.15, -0.1) is 12.3 Å². The molecule has 0 aromatic carbocycles. The summed E-state index contributed by atoms with van der Waals surface area (Å²) in [5.74, 6) is -0.683. The molecule has 0 unspecified atom stereocenters. The minimum atomic E-state index is -1.38. The first-order chi connectivity index (χ1) is 7.97. The zero-order valence-electron chi connectivity index (χ0n) is 9.31. The number of carboxylic acids is 2. The van der Waals surface area contributed by atoms with E-state index in [1.807, 2.05) is 0 Å². The first-order valence-electron chi connectivity index (χ1n) is 5.14. The SMILES string of the molecule is C#CCCCCC(=O)N[C@@H](CC(=O)O)C(=O)O. The number of hydrogen-bond acceptors (Lipinski definition) is 3. The van der Waals surface area contributed by atoms with Crippen LogP contribution in [0.1, 0.15) is 32.1 Å². The molecule has 0 saturated heterocycles. The van der Waals surface area contributed by atoms with E-state index in [2.05, 4.69) is 11.2 Å². The van der Waals surface area contributed by atoms with Gasteiger partial charge >= 0.3 is 11.9 Å². The smallest absolute Gasteiger partial charge is 0.326 e. The normalized spacial score (nSPS) is 11.2. The van der Waals surface area contributed by atoms with Crippen molar-refractivity contribution >= 4 is 17.8 Å². The van der Waals surface area contributed by atoms with Crippen molar-refractivity contribution in [3.63, 3.8) is 0 Å². The Kier molecular flexibility index (Phi) is 7.19. The third kappa shape index (κ3) is 7.85. The molecule has 0 aliphatic heterocycles. The molecule has 0 aliphatic carbocycles. The van der Waals surface area contributed by atoms with Crippen LogP contribution in [0.15, 0.2) is 0 Å². The molecule has 0 rings (SSSR count). The van der Waals surface area contributed by atoms with E-state index < -0.39 is 30.3 Å². The minimum absolute atomic E-state index is 0.144. The van der Waals surface area contributed by atoms with E-state index in [1.165, 1.54) is 0 Å². The monoisotopic (exact) mass is 241 g/mol. The number of carboxylic acid groups (broad SMARTS) is 2. The van der Waals surface area contributed by atoms with Gasteiger partial charge in [0.05, 0.1) is 6.42 Å². The fourth-order valence-electron chi connectivity index (χ4n) is 1.15. The lowest BCUT2D eigenvalue weighted by atomic mass is 10.1. The van der Waals surface area contributed by atoms with Crippen LogP contribution in [0.3, 0.4) is 0 Å². The fourth-order valence-corrected chi connectivity index (χ4v) is 1.15. The summed E-state index contributed by atoms with van der Waals surface area (Å²) in [6.45, 7) is 0. The Morgan fingerprint density at radius 2 is 1.88 bits per heavy atom. The molecule has 0 radical (unpaired) electrons. The van der Waals surface area contributed by atoms with Crippen molar-refractivity contribution in [1.82, 2.24) is 5.32 Å². The molecule has 6 nitrogen and oxygen atoms in total. The zero-order chi connectivity index (χ0) is 13.3. The third-order valence-electron chi connectivity index (χ3n) is 1.99. The summed E-state index contributed by atoms with van der Waals surface area (Å²) in [5, 5.41) is 19.3. The van der Waals surface area contributed by atoms with Crippen LogP contribution < -0.4 is 5.32 Å². The Bertz CT molecular complexity index is 331. The van der Waals surface area contributed by atoms with Crippen LogP contribution in [-0.4, -0.2) is 34.1 Å². The van der Waals surface area contributed by atoms with Gasteiger partial charge in [-0.25, -0.2) is 4.79 Å². The molecule has 17 heavy (non-hydrogen) atoms. The largest absolute Gasteiger partial charge is 0.481 e. The van der Waals surface area contributed by atoms with E-state index in [4.69, 9.17) is 16.6 Å². The van der Waals surface area contributed by atoms with Crippen molar-refractivity contribution in [3.05, 3.63) is 0 Å². The maximum absolute atomic E-state index is 11.3. The molecular weight excluding hydrogens is 226 g/mol. The summed E-state index contributed by atoms with van der Waals surface area (Å²) in [6, 6.07) is -1.38. The van der Waals surface area contributed by atoms with Crippen LogP contribution in [-0.2, 0) is 14.4 Å².